The Kier molecular flexibility index (Phi) is 8.44. The molecule has 0 N–H and O–H groups in total. The van der Waals surface area contributed by atoms with E-state index in [1.807, 2.05) is 10.9 Å². The second kappa shape index (κ2) is 11.0. The topological polar surface area (TPSA) is 30.7 Å². The van der Waals surface area contributed by atoms with Gasteiger partial charge in [0.2, 0.25) is 0 Å². The van der Waals surface area contributed by atoms with Crippen LogP contribution in [-0.4, -0.2) is 23.1 Å². The first-order valence-electron chi connectivity index (χ1n) is 13.2. The Bertz CT molecular complexity index is 1200. The smallest absolute Gasteiger partial charge is 0.146 e. The third-order valence-corrected chi connectivity index (χ3v) is 14.0. The number of hydrogen-bond acceptors (Lipinski definition) is 2. The first kappa shape index (κ1) is 27.0. The van der Waals surface area contributed by atoms with Gasteiger partial charge in [-0.25, -0.2) is 4.68 Å². The molecule has 0 saturated heterocycles. The lowest BCUT2D eigenvalue weighted by Crippen LogP contribution is -2.43. The van der Waals surface area contributed by atoms with E-state index in [4.69, 9.17) is 0 Å². The van der Waals surface area contributed by atoms with Crippen LogP contribution in [0.4, 0.5) is 0 Å². The van der Waals surface area contributed by atoms with Crippen molar-refractivity contribution in [1.29, 1.82) is 0 Å². The van der Waals surface area contributed by atoms with Gasteiger partial charge in [-0.3, -0.25) is 0 Å². The molecular weight excluding hydrogens is 442 g/mol. The highest BCUT2D eigenvalue weighted by molar-refractivity contribution is 6.90. The zero-order valence-electron chi connectivity index (χ0n) is 23.4. The van der Waals surface area contributed by atoms with Crippen molar-refractivity contribution in [3.8, 4) is 28.4 Å². The van der Waals surface area contributed by atoms with E-state index in [0.717, 1.165) is 28.9 Å². The van der Waals surface area contributed by atoms with E-state index in [-0.39, 0.29) is 0 Å². The predicted molar refractivity (Wildman–Crippen MR) is 153 cm³/mol. The SMILES string of the molecule is CCc1cc(-c2cn(-c3cc(C(C)C)ccc3C)nn2)ccc1C#C[Si](C(C)C)(C(C)C)C(C)C. The molecule has 35 heavy (non-hydrogen) atoms. The Morgan fingerprint density at radius 1 is 0.886 bits per heavy atom. The molecule has 186 valence electrons. The summed E-state index contributed by atoms with van der Waals surface area (Å²) in [5.41, 5.74) is 13.8. The average Bonchev–Trinajstić information content (AvgIpc) is 3.29. The normalized spacial score (nSPS) is 12.1. The Morgan fingerprint density at radius 3 is 2.11 bits per heavy atom. The van der Waals surface area contributed by atoms with Crippen molar-refractivity contribution >= 4 is 8.07 Å². The molecule has 0 aliphatic rings. The van der Waals surface area contributed by atoms with Crippen LogP contribution in [0.3, 0.4) is 0 Å². The minimum Gasteiger partial charge on any atom is -0.220 e. The van der Waals surface area contributed by atoms with E-state index in [9.17, 15) is 0 Å². The van der Waals surface area contributed by atoms with Gasteiger partial charge in [-0.2, -0.15) is 0 Å². The first-order chi connectivity index (χ1) is 16.5. The second-order valence-corrected chi connectivity index (χ2v) is 16.7. The summed E-state index contributed by atoms with van der Waals surface area (Å²) in [4.78, 5) is 0. The summed E-state index contributed by atoms with van der Waals surface area (Å²) in [7, 11) is -1.76. The van der Waals surface area contributed by atoms with Gasteiger partial charge < -0.3 is 0 Å². The standard InChI is InChI=1S/C31H43N3Si/c1-11-26-18-29(15-14-27(26)16-17-35(22(4)5,23(6)7)24(8)9)30-20-34(33-32-30)31-19-28(21(2)3)13-12-25(31)10/h12-15,18-24H,11H2,1-10H3. The predicted octanol–water partition coefficient (Wildman–Crippen LogP) is 8.50. The molecule has 0 bridgehead atoms. The first-order valence-corrected chi connectivity index (χ1v) is 15.4. The van der Waals surface area contributed by atoms with Crippen LogP contribution in [0.1, 0.15) is 90.5 Å². The lowest BCUT2D eigenvalue weighted by Gasteiger charge is -2.38. The fourth-order valence-corrected chi connectivity index (χ4v) is 10.7. The van der Waals surface area contributed by atoms with Gasteiger partial charge in [-0.05, 0) is 70.8 Å². The van der Waals surface area contributed by atoms with E-state index in [2.05, 4.69) is 127 Å². The summed E-state index contributed by atoms with van der Waals surface area (Å²) in [6, 6.07) is 13.2. The summed E-state index contributed by atoms with van der Waals surface area (Å²) in [6.07, 6.45) is 2.99. The quantitative estimate of drug-likeness (QED) is 0.248. The molecule has 0 spiro atoms. The molecule has 0 radical (unpaired) electrons. The number of nitrogens with zero attached hydrogens (tertiary/aromatic N) is 3. The van der Waals surface area contributed by atoms with Crippen LogP contribution < -0.4 is 0 Å². The van der Waals surface area contributed by atoms with Crippen LogP contribution in [0.15, 0.2) is 42.6 Å². The maximum absolute atomic E-state index is 4.52. The maximum atomic E-state index is 4.52. The molecule has 3 aromatic rings. The number of hydrogen-bond donors (Lipinski definition) is 0. The lowest BCUT2D eigenvalue weighted by molar-refractivity contribution is 0.791. The number of aromatic nitrogens is 3. The van der Waals surface area contributed by atoms with Crippen LogP contribution in [0, 0.1) is 18.4 Å². The number of rotatable bonds is 7. The Hall–Kier alpha value is -2.64. The van der Waals surface area contributed by atoms with E-state index in [1.165, 1.54) is 16.7 Å². The number of benzene rings is 2. The van der Waals surface area contributed by atoms with Crippen molar-refractivity contribution in [3.63, 3.8) is 0 Å². The fraction of sp³-hybridized carbons (Fsp3) is 0.484. The molecule has 0 amide bonds. The van der Waals surface area contributed by atoms with Gasteiger partial charge in [0.05, 0.1) is 11.9 Å². The molecule has 3 rings (SSSR count). The molecule has 0 saturated carbocycles. The molecule has 0 aliphatic heterocycles. The largest absolute Gasteiger partial charge is 0.220 e. The molecule has 4 heteroatoms. The van der Waals surface area contributed by atoms with E-state index >= 15 is 0 Å². The van der Waals surface area contributed by atoms with Gasteiger partial charge in [-0.15, -0.1) is 10.6 Å². The van der Waals surface area contributed by atoms with Crippen LogP contribution in [0.25, 0.3) is 16.9 Å². The molecule has 0 atom stereocenters. The molecular formula is C31H43N3Si. The summed E-state index contributed by atoms with van der Waals surface area (Å²) >= 11 is 0. The molecule has 0 fully saturated rings. The van der Waals surface area contributed by atoms with Gasteiger partial charge in [-0.1, -0.05) is 91.6 Å². The van der Waals surface area contributed by atoms with Crippen molar-refractivity contribution in [2.45, 2.75) is 98.2 Å². The van der Waals surface area contributed by atoms with E-state index in [1.54, 1.807) is 0 Å². The van der Waals surface area contributed by atoms with Crippen molar-refractivity contribution < 1.29 is 0 Å². The van der Waals surface area contributed by atoms with Crippen molar-refractivity contribution in [2.75, 3.05) is 0 Å². The maximum Gasteiger partial charge on any atom is 0.146 e. The number of aryl methyl sites for hydroxylation is 2. The zero-order chi connectivity index (χ0) is 25.9. The Balaban J connectivity index is 1.99. The van der Waals surface area contributed by atoms with Gasteiger partial charge in [0.15, 0.2) is 0 Å². The minimum atomic E-state index is -1.76. The average molecular weight is 486 g/mol. The van der Waals surface area contributed by atoms with E-state index in [0.29, 0.717) is 22.5 Å². The highest BCUT2D eigenvalue weighted by Crippen LogP contribution is 2.41. The van der Waals surface area contributed by atoms with Crippen LogP contribution in [-0.2, 0) is 6.42 Å². The highest BCUT2D eigenvalue weighted by Gasteiger charge is 2.41. The lowest BCUT2D eigenvalue weighted by atomic mass is 10.0. The van der Waals surface area contributed by atoms with Crippen LogP contribution >= 0.6 is 0 Å². The van der Waals surface area contributed by atoms with Gasteiger partial charge in [0.25, 0.3) is 0 Å². The molecule has 0 aliphatic carbocycles. The summed E-state index contributed by atoms with van der Waals surface area (Å²) in [5.74, 6) is 4.13. The minimum absolute atomic E-state index is 0.474. The van der Waals surface area contributed by atoms with Gasteiger partial charge >= 0.3 is 0 Å². The van der Waals surface area contributed by atoms with Crippen LogP contribution in [0.5, 0.6) is 0 Å². The van der Waals surface area contributed by atoms with Crippen molar-refractivity contribution in [1.82, 2.24) is 15.0 Å². The monoisotopic (exact) mass is 485 g/mol. The second-order valence-electron chi connectivity index (χ2n) is 11.1. The fourth-order valence-electron chi connectivity index (χ4n) is 5.52. The molecule has 0 unspecified atom stereocenters. The van der Waals surface area contributed by atoms with Gasteiger partial charge in [0.1, 0.15) is 13.8 Å². The van der Waals surface area contributed by atoms with Gasteiger partial charge in [0, 0.05) is 11.1 Å². The summed E-state index contributed by atoms with van der Waals surface area (Å²) in [5, 5.41) is 9.00. The highest BCUT2D eigenvalue weighted by atomic mass is 28.3. The Labute approximate surface area is 214 Å². The zero-order valence-corrected chi connectivity index (χ0v) is 24.4. The Morgan fingerprint density at radius 2 is 1.54 bits per heavy atom. The molecule has 1 aromatic heterocycles. The summed E-state index contributed by atoms with van der Waals surface area (Å²) in [6.45, 7) is 23.0. The third kappa shape index (κ3) is 5.46. The van der Waals surface area contributed by atoms with Crippen molar-refractivity contribution in [3.05, 3.63) is 64.8 Å². The third-order valence-electron chi connectivity index (χ3n) is 7.70. The van der Waals surface area contributed by atoms with Crippen LogP contribution in [0.2, 0.25) is 16.6 Å². The molecule has 2 aromatic carbocycles. The van der Waals surface area contributed by atoms with Crippen molar-refractivity contribution in [2.24, 2.45) is 0 Å². The molecule has 3 nitrogen and oxygen atoms in total. The summed E-state index contributed by atoms with van der Waals surface area (Å²) < 4.78 is 1.91. The molecule has 1 heterocycles. The van der Waals surface area contributed by atoms with E-state index < -0.39 is 8.07 Å².